The van der Waals surface area contributed by atoms with E-state index >= 15 is 0 Å². The fourth-order valence-corrected chi connectivity index (χ4v) is 2.60. The van der Waals surface area contributed by atoms with E-state index in [0.717, 1.165) is 0 Å². The summed E-state index contributed by atoms with van der Waals surface area (Å²) in [4.78, 5) is 28.2. The predicted molar refractivity (Wildman–Crippen MR) is 105 cm³/mol. The third kappa shape index (κ3) is 6.74. The SMILES string of the molecule is Cc1cc(NC(=O)CN(CCN(C)C)C(=O)Nc2ccc(Cl)cc2Cl)no1. The zero-order valence-electron chi connectivity index (χ0n) is 15.3. The molecule has 1 aromatic carbocycles. The summed E-state index contributed by atoms with van der Waals surface area (Å²) in [6, 6.07) is 5.89. The van der Waals surface area contributed by atoms with Gasteiger partial charge in [0.25, 0.3) is 0 Å². The summed E-state index contributed by atoms with van der Waals surface area (Å²) in [6.45, 7) is 2.49. The first kappa shape index (κ1) is 21.0. The van der Waals surface area contributed by atoms with Gasteiger partial charge in [0.05, 0.1) is 10.7 Å². The molecule has 2 rings (SSSR count). The van der Waals surface area contributed by atoms with Crippen molar-refractivity contribution in [2.75, 3.05) is 44.4 Å². The third-order valence-corrected chi connectivity index (χ3v) is 4.05. The van der Waals surface area contributed by atoms with E-state index in [2.05, 4.69) is 15.8 Å². The number of nitrogens with one attached hydrogen (secondary N) is 2. The van der Waals surface area contributed by atoms with E-state index in [0.29, 0.717) is 40.4 Å². The van der Waals surface area contributed by atoms with Crippen molar-refractivity contribution in [1.29, 1.82) is 0 Å². The molecule has 1 heterocycles. The zero-order chi connectivity index (χ0) is 20.0. The van der Waals surface area contributed by atoms with Crippen molar-refractivity contribution >= 4 is 46.6 Å². The number of likely N-dealkylation sites (N-methyl/N-ethyl adjacent to an activating group) is 1. The second-order valence-corrected chi connectivity index (χ2v) is 6.99. The van der Waals surface area contributed by atoms with Gasteiger partial charge in [0.15, 0.2) is 5.82 Å². The van der Waals surface area contributed by atoms with Crippen molar-refractivity contribution < 1.29 is 14.1 Å². The molecule has 0 radical (unpaired) electrons. The van der Waals surface area contributed by atoms with Crippen LogP contribution in [0.1, 0.15) is 5.76 Å². The Bertz CT molecular complexity index is 810. The van der Waals surface area contributed by atoms with Crippen LogP contribution in [0.15, 0.2) is 28.8 Å². The largest absolute Gasteiger partial charge is 0.360 e. The van der Waals surface area contributed by atoms with Gasteiger partial charge in [0.1, 0.15) is 12.3 Å². The van der Waals surface area contributed by atoms with Gasteiger partial charge in [-0.25, -0.2) is 4.79 Å². The Hall–Kier alpha value is -2.29. The van der Waals surface area contributed by atoms with Gasteiger partial charge >= 0.3 is 6.03 Å². The fraction of sp³-hybridized carbons (Fsp3) is 0.353. The molecule has 3 amide bonds. The Morgan fingerprint density at radius 3 is 2.48 bits per heavy atom. The molecule has 0 spiro atoms. The summed E-state index contributed by atoms with van der Waals surface area (Å²) in [5, 5.41) is 9.77. The van der Waals surface area contributed by atoms with Crippen LogP contribution >= 0.6 is 23.2 Å². The smallest absolute Gasteiger partial charge is 0.322 e. The highest BCUT2D eigenvalue weighted by Gasteiger charge is 2.19. The molecule has 2 N–H and O–H groups in total. The topological polar surface area (TPSA) is 90.7 Å². The Morgan fingerprint density at radius 2 is 1.89 bits per heavy atom. The molecule has 146 valence electrons. The minimum atomic E-state index is -0.451. The van der Waals surface area contributed by atoms with Gasteiger partial charge < -0.3 is 25.0 Å². The number of rotatable bonds is 7. The molecule has 0 atom stereocenters. The summed E-state index contributed by atoms with van der Waals surface area (Å²) in [5.74, 6) is 0.482. The quantitative estimate of drug-likeness (QED) is 0.726. The number of nitrogens with zero attached hydrogens (tertiary/aromatic N) is 3. The van der Waals surface area contributed by atoms with Crippen molar-refractivity contribution in [1.82, 2.24) is 15.0 Å². The summed E-state index contributed by atoms with van der Waals surface area (Å²) in [7, 11) is 3.76. The number of anilines is 2. The molecule has 2 aromatic rings. The van der Waals surface area contributed by atoms with E-state index in [1.54, 1.807) is 25.1 Å². The van der Waals surface area contributed by atoms with E-state index in [1.165, 1.54) is 11.0 Å². The minimum absolute atomic E-state index is 0.156. The first-order chi connectivity index (χ1) is 12.7. The van der Waals surface area contributed by atoms with E-state index < -0.39 is 6.03 Å². The average molecular weight is 414 g/mol. The van der Waals surface area contributed by atoms with Crippen LogP contribution in [-0.2, 0) is 4.79 Å². The monoisotopic (exact) mass is 413 g/mol. The number of hydrogen-bond acceptors (Lipinski definition) is 5. The molecule has 0 aliphatic rings. The maximum Gasteiger partial charge on any atom is 0.322 e. The lowest BCUT2D eigenvalue weighted by atomic mass is 10.3. The Morgan fingerprint density at radius 1 is 1.15 bits per heavy atom. The van der Waals surface area contributed by atoms with Crippen LogP contribution in [-0.4, -0.2) is 60.6 Å². The second-order valence-electron chi connectivity index (χ2n) is 6.15. The highest BCUT2D eigenvalue weighted by molar-refractivity contribution is 6.36. The highest BCUT2D eigenvalue weighted by atomic mass is 35.5. The summed E-state index contributed by atoms with van der Waals surface area (Å²) in [5.41, 5.74) is 0.411. The lowest BCUT2D eigenvalue weighted by Gasteiger charge is -2.24. The van der Waals surface area contributed by atoms with Crippen molar-refractivity contribution in [3.63, 3.8) is 0 Å². The van der Waals surface area contributed by atoms with E-state index in [1.807, 2.05) is 19.0 Å². The van der Waals surface area contributed by atoms with Crippen LogP contribution in [0.4, 0.5) is 16.3 Å². The van der Waals surface area contributed by atoms with Gasteiger partial charge in [0, 0.05) is 24.2 Å². The van der Waals surface area contributed by atoms with Crippen molar-refractivity contribution in [3.05, 3.63) is 40.1 Å². The molecule has 10 heteroatoms. The third-order valence-electron chi connectivity index (χ3n) is 3.51. The normalized spacial score (nSPS) is 10.7. The number of aromatic nitrogens is 1. The second kappa shape index (κ2) is 9.59. The molecule has 8 nitrogen and oxygen atoms in total. The number of hydrogen-bond donors (Lipinski definition) is 2. The van der Waals surface area contributed by atoms with E-state index in [4.69, 9.17) is 27.7 Å². The number of benzene rings is 1. The van der Waals surface area contributed by atoms with Gasteiger partial charge in [-0.1, -0.05) is 28.4 Å². The Labute approximate surface area is 167 Å². The number of urea groups is 1. The molecule has 0 fully saturated rings. The van der Waals surface area contributed by atoms with Gasteiger partial charge in [-0.2, -0.15) is 0 Å². The van der Waals surface area contributed by atoms with Gasteiger partial charge in [-0.3, -0.25) is 4.79 Å². The van der Waals surface area contributed by atoms with Crippen molar-refractivity contribution in [3.8, 4) is 0 Å². The molecule has 0 unspecified atom stereocenters. The van der Waals surface area contributed by atoms with Crippen LogP contribution in [0.2, 0.25) is 10.0 Å². The molecule has 0 aliphatic carbocycles. The molecule has 27 heavy (non-hydrogen) atoms. The molecule has 0 aliphatic heterocycles. The maximum absolute atomic E-state index is 12.6. The first-order valence-electron chi connectivity index (χ1n) is 8.13. The summed E-state index contributed by atoms with van der Waals surface area (Å²) < 4.78 is 4.91. The molecular weight excluding hydrogens is 393 g/mol. The lowest BCUT2D eigenvalue weighted by Crippen LogP contribution is -2.43. The van der Waals surface area contributed by atoms with Gasteiger partial charge in [-0.15, -0.1) is 0 Å². The number of amides is 3. The Balaban J connectivity index is 2.05. The van der Waals surface area contributed by atoms with Crippen LogP contribution in [0.25, 0.3) is 0 Å². The predicted octanol–water partition coefficient (Wildman–Crippen LogP) is 3.32. The summed E-state index contributed by atoms with van der Waals surface area (Å²) >= 11 is 12.0. The molecule has 0 saturated carbocycles. The van der Waals surface area contributed by atoms with Crippen molar-refractivity contribution in [2.24, 2.45) is 0 Å². The number of halogens is 2. The fourth-order valence-electron chi connectivity index (χ4n) is 2.14. The standard InChI is InChI=1S/C17H21Cl2N5O3/c1-11-8-15(22-27-11)21-16(25)10-24(7-6-23(2)3)17(26)20-14-5-4-12(18)9-13(14)19/h4-5,8-9H,6-7,10H2,1-3H3,(H,20,26)(H,21,22,25). The minimum Gasteiger partial charge on any atom is -0.360 e. The van der Waals surface area contributed by atoms with Gasteiger partial charge in [0.2, 0.25) is 5.91 Å². The number of carbonyl (C=O) groups excluding carboxylic acids is 2. The lowest BCUT2D eigenvalue weighted by molar-refractivity contribution is -0.116. The highest BCUT2D eigenvalue weighted by Crippen LogP contribution is 2.25. The molecule has 0 saturated heterocycles. The molecular formula is C17H21Cl2N5O3. The number of carbonyl (C=O) groups is 2. The van der Waals surface area contributed by atoms with Crippen LogP contribution in [0.3, 0.4) is 0 Å². The van der Waals surface area contributed by atoms with E-state index in [-0.39, 0.29) is 12.5 Å². The first-order valence-corrected chi connectivity index (χ1v) is 8.89. The average Bonchev–Trinajstić information content (AvgIpc) is 2.98. The maximum atomic E-state index is 12.6. The summed E-state index contributed by atoms with van der Waals surface area (Å²) in [6.07, 6.45) is 0. The number of aryl methyl sites for hydroxylation is 1. The van der Waals surface area contributed by atoms with Crippen LogP contribution < -0.4 is 10.6 Å². The molecule has 0 bridgehead atoms. The Kier molecular flexibility index (Phi) is 7.46. The molecule has 1 aromatic heterocycles. The van der Waals surface area contributed by atoms with Crippen LogP contribution in [0.5, 0.6) is 0 Å². The van der Waals surface area contributed by atoms with Crippen LogP contribution in [0, 0.1) is 6.92 Å². The zero-order valence-corrected chi connectivity index (χ0v) is 16.8. The van der Waals surface area contributed by atoms with Crippen molar-refractivity contribution in [2.45, 2.75) is 6.92 Å². The van der Waals surface area contributed by atoms with E-state index in [9.17, 15) is 9.59 Å². The van der Waals surface area contributed by atoms with Gasteiger partial charge in [-0.05, 0) is 39.2 Å².